The van der Waals surface area contributed by atoms with Crippen molar-refractivity contribution in [2.45, 2.75) is 30.2 Å². The van der Waals surface area contributed by atoms with E-state index in [1.807, 2.05) is 0 Å². The Morgan fingerprint density at radius 3 is 2.74 bits per heavy atom. The number of rotatable bonds is 3. The third-order valence-corrected chi connectivity index (χ3v) is 6.31. The molecule has 0 unspecified atom stereocenters. The van der Waals surface area contributed by atoms with Gasteiger partial charge in [-0.15, -0.1) is 0 Å². The molecule has 0 N–H and O–H groups in total. The second kappa shape index (κ2) is 6.22. The van der Waals surface area contributed by atoms with Gasteiger partial charge in [0, 0.05) is 24.8 Å². The van der Waals surface area contributed by atoms with Gasteiger partial charge in [0.15, 0.2) is 0 Å². The molecule has 3 rings (SSSR count). The summed E-state index contributed by atoms with van der Waals surface area (Å²) >= 11 is 5.72. The van der Waals surface area contributed by atoms with Crippen molar-refractivity contribution in [1.82, 2.24) is 14.1 Å². The third kappa shape index (κ3) is 3.00. The molecule has 0 aliphatic carbocycles. The molecule has 8 heteroatoms. The summed E-state index contributed by atoms with van der Waals surface area (Å²) in [5.74, 6) is -0.827. The van der Waals surface area contributed by atoms with Crippen molar-refractivity contribution in [2.75, 3.05) is 6.54 Å². The van der Waals surface area contributed by atoms with Crippen LogP contribution in [0.5, 0.6) is 0 Å². The summed E-state index contributed by atoms with van der Waals surface area (Å²) in [4.78, 5) is -0.337. The molecule has 0 saturated carbocycles. The van der Waals surface area contributed by atoms with Crippen LogP contribution >= 0.6 is 11.6 Å². The van der Waals surface area contributed by atoms with Gasteiger partial charge in [-0.25, -0.2) is 12.8 Å². The number of nitrogens with zero attached hydrogens (tertiary/aromatic N) is 3. The fourth-order valence-electron chi connectivity index (χ4n) is 3.01. The van der Waals surface area contributed by atoms with Crippen LogP contribution in [0.4, 0.5) is 4.39 Å². The van der Waals surface area contributed by atoms with E-state index in [2.05, 4.69) is 5.10 Å². The molecule has 1 aromatic heterocycles. The van der Waals surface area contributed by atoms with E-state index in [9.17, 15) is 12.8 Å². The first-order valence-corrected chi connectivity index (χ1v) is 9.18. The van der Waals surface area contributed by atoms with Crippen molar-refractivity contribution in [3.63, 3.8) is 0 Å². The lowest BCUT2D eigenvalue weighted by molar-refractivity contribution is 0.245. The Bertz CT molecular complexity index is 822. The van der Waals surface area contributed by atoms with E-state index in [-0.39, 0.29) is 16.0 Å². The summed E-state index contributed by atoms with van der Waals surface area (Å²) in [7, 11) is -2.17. The number of sulfonamides is 1. The van der Waals surface area contributed by atoms with Gasteiger partial charge in [0.2, 0.25) is 10.0 Å². The minimum absolute atomic E-state index is 0.170. The molecule has 0 amide bonds. The molecule has 1 aliphatic rings. The largest absolute Gasteiger partial charge is 0.271 e. The maximum Gasteiger partial charge on any atom is 0.246 e. The van der Waals surface area contributed by atoms with Crippen LogP contribution in [0, 0.1) is 5.82 Å². The molecule has 1 fully saturated rings. The van der Waals surface area contributed by atoms with E-state index in [1.54, 1.807) is 24.0 Å². The van der Waals surface area contributed by atoms with Gasteiger partial charge in [0.1, 0.15) is 10.7 Å². The first kappa shape index (κ1) is 16.4. The van der Waals surface area contributed by atoms with Gasteiger partial charge in [-0.2, -0.15) is 9.40 Å². The Morgan fingerprint density at radius 2 is 2.09 bits per heavy atom. The van der Waals surface area contributed by atoms with E-state index in [1.165, 1.54) is 16.4 Å². The van der Waals surface area contributed by atoms with E-state index in [0.29, 0.717) is 13.0 Å². The van der Waals surface area contributed by atoms with E-state index in [0.717, 1.165) is 24.6 Å². The third-order valence-electron chi connectivity index (χ3n) is 4.13. The first-order valence-electron chi connectivity index (χ1n) is 7.36. The molecule has 1 saturated heterocycles. The van der Waals surface area contributed by atoms with Gasteiger partial charge in [0.05, 0.1) is 11.7 Å². The lowest BCUT2D eigenvalue weighted by Crippen LogP contribution is -2.39. The fourth-order valence-corrected chi connectivity index (χ4v) is 4.88. The second-order valence-corrected chi connectivity index (χ2v) is 7.88. The van der Waals surface area contributed by atoms with Gasteiger partial charge in [0.25, 0.3) is 0 Å². The lowest BCUT2D eigenvalue weighted by atomic mass is 10.0. The number of aromatic nitrogens is 2. The van der Waals surface area contributed by atoms with Crippen LogP contribution in [0.1, 0.15) is 31.0 Å². The zero-order valence-electron chi connectivity index (χ0n) is 12.6. The lowest BCUT2D eigenvalue weighted by Gasteiger charge is -2.34. The Morgan fingerprint density at radius 1 is 1.30 bits per heavy atom. The number of aryl methyl sites for hydroxylation is 1. The predicted octanol–water partition coefficient (Wildman–Crippen LogP) is 3.13. The highest BCUT2D eigenvalue weighted by Gasteiger charge is 2.37. The highest BCUT2D eigenvalue weighted by Crippen LogP contribution is 2.36. The normalized spacial score (nSPS) is 19.9. The Hall–Kier alpha value is -1.44. The summed E-state index contributed by atoms with van der Waals surface area (Å²) in [6, 6.07) is 5.10. The molecule has 1 atom stereocenters. The van der Waals surface area contributed by atoms with Crippen LogP contribution in [0.25, 0.3) is 0 Å². The van der Waals surface area contributed by atoms with Crippen LogP contribution in [-0.2, 0) is 17.1 Å². The summed E-state index contributed by atoms with van der Waals surface area (Å²) in [6.07, 6.45) is 4.00. The van der Waals surface area contributed by atoms with Crippen molar-refractivity contribution in [2.24, 2.45) is 7.05 Å². The van der Waals surface area contributed by atoms with Gasteiger partial charge in [-0.05, 0) is 37.1 Å². The van der Waals surface area contributed by atoms with Crippen LogP contribution in [0.3, 0.4) is 0 Å². The van der Waals surface area contributed by atoms with Crippen molar-refractivity contribution in [1.29, 1.82) is 0 Å². The van der Waals surface area contributed by atoms with Gasteiger partial charge in [-0.1, -0.05) is 18.0 Å². The summed E-state index contributed by atoms with van der Waals surface area (Å²) in [5.41, 5.74) is 0.808. The molecular formula is C15H17ClFN3O2S. The van der Waals surface area contributed by atoms with E-state index in [4.69, 9.17) is 11.6 Å². The molecule has 1 aromatic carbocycles. The van der Waals surface area contributed by atoms with E-state index < -0.39 is 15.8 Å². The summed E-state index contributed by atoms with van der Waals surface area (Å²) < 4.78 is 43.1. The SMILES string of the molecule is Cn1nccc1[C@H]1CCCCN1S(=O)(=O)c1ccc(Cl)cc1F. The Kier molecular flexibility index (Phi) is 4.44. The quantitative estimate of drug-likeness (QED) is 0.848. The number of hydrogen-bond acceptors (Lipinski definition) is 3. The average Bonchev–Trinajstić information content (AvgIpc) is 2.93. The van der Waals surface area contributed by atoms with Crippen molar-refractivity contribution in [3.05, 3.63) is 47.0 Å². The monoisotopic (exact) mass is 357 g/mol. The molecule has 0 spiro atoms. The zero-order chi connectivity index (χ0) is 16.6. The minimum Gasteiger partial charge on any atom is -0.271 e. The summed E-state index contributed by atoms with van der Waals surface area (Å²) in [5, 5.41) is 4.28. The molecule has 124 valence electrons. The number of hydrogen-bond donors (Lipinski definition) is 0. The van der Waals surface area contributed by atoms with E-state index >= 15 is 0 Å². The van der Waals surface area contributed by atoms with Gasteiger partial charge >= 0.3 is 0 Å². The molecule has 23 heavy (non-hydrogen) atoms. The average molecular weight is 358 g/mol. The standard InChI is InChI=1S/C15H17ClFN3O2S/c1-19-13(7-8-18-19)14-4-2-3-9-20(14)23(21,22)15-6-5-11(16)10-12(15)17/h5-8,10,14H,2-4,9H2,1H3/t14-/m1/s1. The predicted molar refractivity (Wildman–Crippen MR) is 85.1 cm³/mol. The summed E-state index contributed by atoms with van der Waals surface area (Å²) in [6.45, 7) is 0.361. The maximum atomic E-state index is 14.1. The maximum absolute atomic E-state index is 14.1. The van der Waals surface area contributed by atoms with Crippen LogP contribution in [-0.4, -0.2) is 29.0 Å². The molecule has 0 radical (unpaired) electrons. The first-order chi connectivity index (χ1) is 10.9. The highest BCUT2D eigenvalue weighted by molar-refractivity contribution is 7.89. The molecular weight excluding hydrogens is 341 g/mol. The number of benzene rings is 1. The fraction of sp³-hybridized carbons (Fsp3) is 0.400. The van der Waals surface area contributed by atoms with Crippen LogP contribution < -0.4 is 0 Å². The minimum atomic E-state index is -3.94. The number of piperidine rings is 1. The smallest absolute Gasteiger partial charge is 0.246 e. The second-order valence-electron chi connectivity index (χ2n) is 5.58. The molecule has 0 bridgehead atoms. The van der Waals surface area contributed by atoms with Gasteiger partial charge in [-0.3, -0.25) is 4.68 Å². The number of halogens is 2. The Labute approximate surface area is 139 Å². The van der Waals surface area contributed by atoms with Crippen molar-refractivity contribution in [3.8, 4) is 0 Å². The van der Waals surface area contributed by atoms with Crippen molar-refractivity contribution < 1.29 is 12.8 Å². The van der Waals surface area contributed by atoms with Crippen molar-refractivity contribution >= 4 is 21.6 Å². The molecule has 5 nitrogen and oxygen atoms in total. The molecule has 2 heterocycles. The molecule has 1 aliphatic heterocycles. The van der Waals surface area contributed by atoms with Gasteiger partial charge < -0.3 is 0 Å². The highest BCUT2D eigenvalue weighted by atomic mass is 35.5. The van der Waals surface area contributed by atoms with Crippen LogP contribution in [0.15, 0.2) is 35.4 Å². The van der Waals surface area contributed by atoms with Crippen LogP contribution in [0.2, 0.25) is 5.02 Å². The topological polar surface area (TPSA) is 55.2 Å². The molecule has 2 aromatic rings. The zero-order valence-corrected chi connectivity index (χ0v) is 14.2. The Balaban J connectivity index is 2.04.